The Labute approximate surface area is 87.6 Å². The lowest BCUT2D eigenvalue weighted by Crippen LogP contribution is -2.51. The molecule has 0 spiro atoms. The lowest BCUT2D eigenvalue weighted by molar-refractivity contribution is -0.0393. The van der Waals surface area contributed by atoms with Crippen molar-refractivity contribution in [3.05, 3.63) is 12.7 Å². The highest BCUT2D eigenvalue weighted by atomic mass is 16.3. The summed E-state index contributed by atoms with van der Waals surface area (Å²) in [5, 5.41) is 10.2. The minimum Gasteiger partial charge on any atom is -0.389 e. The van der Waals surface area contributed by atoms with Gasteiger partial charge in [0.15, 0.2) is 0 Å². The molecule has 0 aliphatic carbocycles. The van der Waals surface area contributed by atoms with Gasteiger partial charge in [0.05, 0.1) is 5.60 Å². The number of hydrogen-bond donors (Lipinski definition) is 1. The molecule has 0 amide bonds. The molecule has 0 unspecified atom stereocenters. The molecule has 2 nitrogen and oxygen atoms in total. The van der Waals surface area contributed by atoms with Gasteiger partial charge in [0.1, 0.15) is 0 Å². The first-order valence-corrected chi connectivity index (χ1v) is 5.46. The van der Waals surface area contributed by atoms with Crippen molar-refractivity contribution in [3.8, 4) is 0 Å². The summed E-state index contributed by atoms with van der Waals surface area (Å²) in [5.74, 6) is 0. The van der Waals surface area contributed by atoms with E-state index in [1.54, 1.807) is 0 Å². The summed E-state index contributed by atoms with van der Waals surface area (Å²) in [6.45, 7) is 12.4. The normalized spacial score (nSPS) is 23.4. The Morgan fingerprint density at radius 1 is 1.36 bits per heavy atom. The van der Waals surface area contributed by atoms with Gasteiger partial charge in [-0.05, 0) is 40.0 Å². The quantitative estimate of drug-likeness (QED) is 0.686. The molecule has 0 aromatic carbocycles. The average Bonchev–Trinajstić information content (AvgIpc) is 2.03. The van der Waals surface area contributed by atoms with E-state index in [2.05, 4.69) is 32.3 Å². The fourth-order valence-electron chi connectivity index (χ4n) is 2.07. The zero-order valence-electron chi connectivity index (χ0n) is 9.71. The third-order valence-corrected chi connectivity index (χ3v) is 3.17. The molecule has 0 aromatic heterocycles. The molecule has 1 aliphatic rings. The smallest absolute Gasteiger partial charge is 0.0706 e. The van der Waals surface area contributed by atoms with Crippen molar-refractivity contribution < 1.29 is 5.11 Å². The molecule has 1 saturated heterocycles. The van der Waals surface area contributed by atoms with E-state index in [4.69, 9.17) is 0 Å². The van der Waals surface area contributed by atoms with Crippen LogP contribution in [-0.4, -0.2) is 34.2 Å². The van der Waals surface area contributed by atoms with E-state index in [-0.39, 0.29) is 5.54 Å². The van der Waals surface area contributed by atoms with Gasteiger partial charge in [0.25, 0.3) is 0 Å². The van der Waals surface area contributed by atoms with Crippen molar-refractivity contribution in [1.82, 2.24) is 4.90 Å². The van der Waals surface area contributed by atoms with Crippen LogP contribution < -0.4 is 0 Å². The molecule has 2 heteroatoms. The molecule has 0 bridgehead atoms. The van der Waals surface area contributed by atoms with Crippen LogP contribution in [0.5, 0.6) is 0 Å². The van der Waals surface area contributed by atoms with Crippen LogP contribution >= 0.6 is 0 Å². The molecular weight excluding hydrogens is 174 g/mol. The summed E-state index contributed by atoms with van der Waals surface area (Å²) >= 11 is 0. The van der Waals surface area contributed by atoms with Crippen molar-refractivity contribution in [2.24, 2.45) is 0 Å². The molecule has 0 aromatic rings. The van der Waals surface area contributed by atoms with Gasteiger partial charge >= 0.3 is 0 Å². The highest BCUT2D eigenvalue weighted by molar-refractivity contribution is 4.93. The average molecular weight is 197 g/mol. The minimum absolute atomic E-state index is 0.232. The van der Waals surface area contributed by atoms with Crippen LogP contribution in [-0.2, 0) is 0 Å². The number of nitrogens with zero attached hydrogens (tertiary/aromatic N) is 1. The van der Waals surface area contributed by atoms with E-state index >= 15 is 0 Å². The van der Waals surface area contributed by atoms with Crippen LogP contribution in [0.4, 0.5) is 0 Å². The Balaban J connectivity index is 2.49. The van der Waals surface area contributed by atoms with E-state index in [0.29, 0.717) is 0 Å². The minimum atomic E-state index is -0.483. The van der Waals surface area contributed by atoms with E-state index in [1.807, 2.05) is 6.08 Å². The van der Waals surface area contributed by atoms with E-state index < -0.39 is 5.60 Å². The lowest BCUT2D eigenvalue weighted by atomic mass is 9.86. The molecule has 82 valence electrons. The fraction of sp³-hybridized carbons (Fsp3) is 0.833. The lowest BCUT2D eigenvalue weighted by Gasteiger charge is -2.44. The van der Waals surface area contributed by atoms with Crippen molar-refractivity contribution in [2.45, 2.75) is 51.2 Å². The summed E-state index contributed by atoms with van der Waals surface area (Å²) in [6.07, 6.45) is 4.30. The first-order chi connectivity index (χ1) is 6.37. The van der Waals surface area contributed by atoms with Crippen LogP contribution in [0, 0.1) is 0 Å². The van der Waals surface area contributed by atoms with E-state index in [1.165, 1.54) is 0 Å². The Hall–Kier alpha value is -0.340. The van der Waals surface area contributed by atoms with Crippen LogP contribution in [0.1, 0.15) is 40.0 Å². The zero-order valence-corrected chi connectivity index (χ0v) is 9.71. The zero-order chi connectivity index (χ0) is 10.8. The largest absolute Gasteiger partial charge is 0.389 e. The number of aliphatic hydroxyl groups is 1. The maximum absolute atomic E-state index is 10.2. The summed E-state index contributed by atoms with van der Waals surface area (Å²) in [7, 11) is 0. The molecule has 0 atom stereocenters. The van der Waals surface area contributed by atoms with Crippen molar-refractivity contribution >= 4 is 0 Å². The van der Waals surface area contributed by atoms with Gasteiger partial charge in [-0.15, -0.1) is 6.58 Å². The molecule has 1 rings (SSSR count). The van der Waals surface area contributed by atoms with Gasteiger partial charge in [-0.1, -0.05) is 6.08 Å². The molecule has 14 heavy (non-hydrogen) atoms. The van der Waals surface area contributed by atoms with Gasteiger partial charge in [0.2, 0.25) is 0 Å². The summed E-state index contributed by atoms with van der Waals surface area (Å²) < 4.78 is 0. The molecule has 0 radical (unpaired) electrons. The molecular formula is C12H23NO. The number of hydrogen-bond acceptors (Lipinski definition) is 2. The summed E-state index contributed by atoms with van der Waals surface area (Å²) in [6, 6.07) is 0. The predicted octanol–water partition coefficient (Wildman–Crippen LogP) is 2.19. The second-order valence-corrected chi connectivity index (χ2v) is 5.38. The van der Waals surface area contributed by atoms with Gasteiger partial charge in [-0.25, -0.2) is 0 Å². The number of likely N-dealkylation sites (tertiary alicyclic amines) is 1. The van der Waals surface area contributed by atoms with Crippen molar-refractivity contribution in [3.63, 3.8) is 0 Å². The van der Waals surface area contributed by atoms with E-state index in [9.17, 15) is 5.11 Å². The van der Waals surface area contributed by atoms with Crippen molar-refractivity contribution in [1.29, 1.82) is 0 Å². The van der Waals surface area contributed by atoms with E-state index in [0.717, 1.165) is 32.4 Å². The van der Waals surface area contributed by atoms with Gasteiger partial charge < -0.3 is 5.11 Å². The van der Waals surface area contributed by atoms with Crippen molar-refractivity contribution in [2.75, 3.05) is 13.1 Å². The Morgan fingerprint density at radius 3 is 2.21 bits per heavy atom. The van der Waals surface area contributed by atoms with Gasteiger partial charge in [0, 0.05) is 18.6 Å². The standard InChI is InChI=1S/C12H23NO/c1-5-6-12(14)7-9-13(10-8-12)11(2,3)4/h5,14H,1,6-10H2,2-4H3. The van der Waals surface area contributed by atoms with Crippen LogP contribution in [0.2, 0.25) is 0 Å². The van der Waals surface area contributed by atoms with Crippen LogP contribution in [0.25, 0.3) is 0 Å². The molecule has 1 fully saturated rings. The second kappa shape index (κ2) is 4.03. The fourth-order valence-corrected chi connectivity index (χ4v) is 2.07. The highest BCUT2D eigenvalue weighted by Gasteiger charge is 2.34. The third kappa shape index (κ3) is 2.82. The van der Waals surface area contributed by atoms with Crippen LogP contribution in [0.15, 0.2) is 12.7 Å². The predicted molar refractivity (Wildman–Crippen MR) is 60.3 cm³/mol. The summed E-state index contributed by atoms with van der Waals surface area (Å²) in [5.41, 5.74) is -0.251. The highest BCUT2D eigenvalue weighted by Crippen LogP contribution is 2.29. The monoisotopic (exact) mass is 197 g/mol. The number of rotatable bonds is 2. The molecule has 1 aliphatic heterocycles. The van der Waals surface area contributed by atoms with Gasteiger partial charge in [-0.2, -0.15) is 0 Å². The Kier molecular flexibility index (Phi) is 3.38. The first-order valence-electron chi connectivity index (χ1n) is 5.46. The van der Waals surface area contributed by atoms with Gasteiger partial charge in [-0.3, -0.25) is 4.90 Å². The summed E-state index contributed by atoms with van der Waals surface area (Å²) in [4.78, 5) is 2.44. The topological polar surface area (TPSA) is 23.5 Å². The maximum atomic E-state index is 10.2. The number of piperidine rings is 1. The molecule has 1 heterocycles. The molecule has 0 saturated carbocycles. The maximum Gasteiger partial charge on any atom is 0.0706 e. The van der Waals surface area contributed by atoms with Crippen LogP contribution in [0.3, 0.4) is 0 Å². The third-order valence-electron chi connectivity index (χ3n) is 3.17. The Bertz CT molecular complexity index is 197. The second-order valence-electron chi connectivity index (χ2n) is 5.38. The Morgan fingerprint density at radius 2 is 1.86 bits per heavy atom. The molecule has 1 N–H and O–H groups in total. The first kappa shape index (κ1) is 11.7. The SMILES string of the molecule is C=CCC1(O)CCN(C(C)(C)C)CC1.